The average Bonchev–Trinajstić information content (AvgIpc) is 2.46. The van der Waals surface area contributed by atoms with Crippen molar-refractivity contribution in [2.45, 2.75) is 25.3 Å². The number of piperidine rings is 1. The van der Waals surface area contributed by atoms with Gasteiger partial charge in [-0.2, -0.15) is 0 Å². The highest BCUT2D eigenvalue weighted by molar-refractivity contribution is 9.09. The summed E-state index contributed by atoms with van der Waals surface area (Å²) in [6, 6.07) is 5.00. The molecular formula is C14H18BrNO3. The molecular weight excluding hydrogens is 310 g/mol. The minimum atomic E-state index is -0.107. The Morgan fingerprint density at radius 3 is 2.95 bits per heavy atom. The second-order valence-corrected chi connectivity index (χ2v) is 5.33. The van der Waals surface area contributed by atoms with Crippen LogP contribution >= 0.6 is 15.9 Å². The van der Waals surface area contributed by atoms with Crippen LogP contribution in [0.2, 0.25) is 0 Å². The first-order chi connectivity index (χ1) is 9.17. The molecule has 104 valence electrons. The lowest BCUT2D eigenvalue weighted by molar-refractivity contribution is 0.0639. The molecule has 0 radical (unpaired) electrons. The van der Waals surface area contributed by atoms with Gasteiger partial charge in [-0.3, -0.25) is 4.79 Å². The van der Waals surface area contributed by atoms with Crippen LogP contribution in [0.4, 0.5) is 0 Å². The first-order valence-electron chi connectivity index (χ1n) is 6.41. The minimum Gasteiger partial charge on any atom is -0.507 e. The molecule has 1 amide bonds. The fourth-order valence-electron chi connectivity index (χ4n) is 2.40. The number of halogens is 1. The molecule has 19 heavy (non-hydrogen) atoms. The summed E-state index contributed by atoms with van der Waals surface area (Å²) in [6.45, 7) is 0.751. The number of ether oxygens (including phenoxy) is 1. The lowest BCUT2D eigenvalue weighted by Gasteiger charge is -2.35. The summed E-state index contributed by atoms with van der Waals surface area (Å²) in [5, 5.41) is 10.7. The number of hydrogen-bond donors (Lipinski definition) is 1. The zero-order chi connectivity index (χ0) is 13.8. The highest BCUT2D eigenvalue weighted by atomic mass is 79.9. The van der Waals surface area contributed by atoms with Crippen LogP contribution in [-0.2, 0) is 0 Å². The molecule has 1 aromatic carbocycles. The van der Waals surface area contributed by atoms with Crippen LogP contribution in [0, 0.1) is 0 Å². The highest BCUT2D eigenvalue weighted by Crippen LogP contribution is 2.27. The molecule has 1 aliphatic rings. The number of phenols is 1. The predicted octanol–water partition coefficient (Wildman–Crippen LogP) is 2.79. The normalized spacial score (nSPS) is 19.3. The number of amides is 1. The largest absolute Gasteiger partial charge is 0.507 e. The van der Waals surface area contributed by atoms with E-state index < -0.39 is 0 Å². The molecule has 0 bridgehead atoms. The third-order valence-electron chi connectivity index (χ3n) is 3.50. The molecule has 0 aliphatic carbocycles. The first-order valence-corrected chi connectivity index (χ1v) is 7.53. The van der Waals surface area contributed by atoms with Crippen molar-refractivity contribution in [3.8, 4) is 11.5 Å². The van der Waals surface area contributed by atoms with E-state index in [-0.39, 0.29) is 17.7 Å². The van der Waals surface area contributed by atoms with Crippen molar-refractivity contribution in [3.05, 3.63) is 23.8 Å². The van der Waals surface area contributed by atoms with Gasteiger partial charge in [-0.15, -0.1) is 0 Å². The van der Waals surface area contributed by atoms with Crippen LogP contribution in [-0.4, -0.2) is 40.9 Å². The molecule has 1 fully saturated rings. The number of carbonyl (C=O) groups is 1. The van der Waals surface area contributed by atoms with Crippen LogP contribution in [0.3, 0.4) is 0 Å². The number of methoxy groups -OCH3 is 1. The maximum atomic E-state index is 12.5. The zero-order valence-electron chi connectivity index (χ0n) is 10.9. The van der Waals surface area contributed by atoms with E-state index in [2.05, 4.69) is 15.9 Å². The quantitative estimate of drug-likeness (QED) is 0.868. The number of aromatic hydroxyl groups is 1. The molecule has 1 saturated heterocycles. The molecule has 0 aromatic heterocycles. The molecule has 1 N–H and O–H groups in total. The van der Waals surface area contributed by atoms with E-state index in [1.807, 2.05) is 4.90 Å². The van der Waals surface area contributed by atoms with Crippen molar-refractivity contribution >= 4 is 21.8 Å². The Balaban J connectivity index is 2.23. The molecule has 2 rings (SSSR count). The van der Waals surface area contributed by atoms with Crippen molar-refractivity contribution in [2.75, 3.05) is 19.0 Å². The van der Waals surface area contributed by atoms with Crippen molar-refractivity contribution in [2.24, 2.45) is 0 Å². The lowest BCUT2D eigenvalue weighted by atomic mass is 10.0. The molecule has 0 saturated carbocycles. The Morgan fingerprint density at radius 1 is 1.53 bits per heavy atom. The third-order valence-corrected chi connectivity index (χ3v) is 4.25. The van der Waals surface area contributed by atoms with Gasteiger partial charge >= 0.3 is 0 Å². The predicted molar refractivity (Wildman–Crippen MR) is 77.1 cm³/mol. The van der Waals surface area contributed by atoms with E-state index in [4.69, 9.17) is 4.74 Å². The van der Waals surface area contributed by atoms with Crippen LogP contribution in [0.1, 0.15) is 29.6 Å². The third kappa shape index (κ3) is 3.03. The summed E-state index contributed by atoms with van der Waals surface area (Å²) < 4.78 is 5.03. The number of hydrogen-bond acceptors (Lipinski definition) is 3. The Morgan fingerprint density at radius 2 is 2.32 bits per heavy atom. The molecule has 1 heterocycles. The van der Waals surface area contributed by atoms with Crippen molar-refractivity contribution in [1.29, 1.82) is 0 Å². The van der Waals surface area contributed by atoms with Gasteiger partial charge < -0.3 is 14.7 Å². The SMILES string of the molecule is COc1ccc(C(=O)N2CCCCC2CBr)c(O)c1. The van der Waals surface area contributed by atoms with Crippen LogP contribution < -0.4 is 4.74 Å². The van der Waals surface area contributed by atoms with Gasteiger partial charge in [0.2, 0.25) is 0 Å². The molecule has 5 heteroatoms. The zero-order valence-corrected chi connectivity index (χ0v) is 12.5. The minimum absolute atomic E-state index is 0.0248. The Kier molecular flexibility index (Phi) is 4.69. The van der Waals surface area contributed by atoms with E-state index in [0.717, 1.165) is 31.1 Å². The van der Waals surface area contributed by atoms with Crippen LogP contribution in [0.5, 0.6) is 11.5 Å². The summed E-state index contributed by atoms with van der Waals surface area (Å²) in [5.41, 5.74) is 0.341. The Labute approximate surface area is 121 Å². The summed E-state index contributed by atoms with van der Waals surface area (Å²) in [6.07, 6.45) is 3.18. The maximum absolute atomic E-state index is 12.5. The standard InChI is InChI=1S/C14H18BrNO3/c1-19-11-5-6-12(13(17)8-11)14(18)16-7-3-2-4-10(16)9-15/h5-6,8,10,17H,2-4,7,9H2,1H3. The van der Waals surface area contributed by atoms with E-state index in [1.54, 1.807) is 12.1 Å². The summed E-state index contributed by atoms with van der Waals surface area (Å²) in [5.74, 6) is 0.414. The van der Waals surface area contributed by atoms with Crippen molar-refractivity contribution in [1.82, 2.24) is 4.90 Å². The van der Waals surface area contributed by atoms with E-state index in [0.29, 0.717) is 11.3 Å². The second-order valence-electron chi connectivity index (χ2n) is 4.69. The lowest BCUT2D eigenvalue weighted by Crippen LogP contribution is -2.44. The van der Waals surface area contributed by atoms with Gasteiger partial charge in [0, 0.05) is 24.0 Å². The maximum Gasteiger partial charge on any atom is 0.257 e. The first kappa shape index (κ1) is 14.2. The molecule has 1 aliphatic heterocycles. The second kappa shape index (κ2) is 6.28. The molecule has 0 spiro atoms. The summed E-state index contributed by atoms with van der Waals surface area (Å²) >= 11 is 3.46. The molecule has 1 aromatic rings. The van der Waals surface area contributed by atoms with Gasteiger partial charge in [0.15, 0.2) is 0 Å². The van der Waals surface area contributed by atoms with Gasteiger partial charge in [-0.25, -0.2) is 0 Å². The summed E-state index contributed by atoms with van der Waals surface area (Å²) in [7, 11) is 1.53. The van der Waals surface area contributed by atoms with Gasteiger partial charge in [-0.1, -0.05) is 15.9 Å². The van der Waals surface area contributed by atoms with Gasteiger partial charge in [0.05, 0.1) is 12.7 Å². The fraction of sp³-hybridized carbons (Fsp3) is 0.500. The van der Waals surface area contributed by atoms with E-state index in [9.17, 15) is 9.90 Å². The van der Waals surface area contributed by atoms with E-state index >= 15 is 0 Å². The Bertz CT molecular complexity index is 464. The highest BCUT2D eigenvalue weighted by Gasteiger charge is 2.28. The number of alkyl halides is 1. The monoisotopic (exact) mass is 327 g/mol. The number of nitrogens with zero attached hydrogens (tertiary/aromatic N) is 1. The van der Waals surface area contributed by atoms with Crippen LogP contribution in [0.15, 0.2) is 18.2 Å². The van der Waals surface area contributed by atoms with E-state index in [1.165, 1.54) is 13.2 Å². The molecule has 1 unspecified atom stereocenters. The van der Waals surface area contributed by atoms with Gasteiger partial charge in [0.25, 0.3) is 5.91 Å². The van der Waals surface area contributed by atoms with Crippen LogP contribution in [0.25, 0.3) is 0 Å². The van der Waals surface area contributed by atoms with Crippen molar-refractivity contribution < 1.29 is 14.6 Å². The number of carbonyl (C=O) groups excluding carboxylic acids is 1. The number of phenolic OH excluding ortho intramolecular Hbond substituents is 1. The molecule has 1 atom stereocenters. The van der Waals surface area contributed by atoms with Gasteiger partial charge in [0.1, 0.15) is 11.5 Å². The Hall–Kier alpha value is -1.23. The fourth-order valence-corrected chi connectivity index (χ4v) is 3.08. The molecule has 4 nitrogen and oxygen atoms in total. The number of benzene rings is 1. The topological polar surface area (TPSA) is 49.8 Å². The number of rotatable bonds is 3. The smallest absolute Gasteiger partial charge is 0.257 e. The average molecular weight is 328 g/mol. The van der Waals surface area contributed by atoms with Crippen molar-refractivity contribution in [3.63, 3.8) is 0 Å². The van der Waals surface area contributed by atoms with Gasteiger partial charge in [-0.05, 0) is 31.4 Å². The number of likely N-dealkylation sites (tertiary alicyclic amines) is 1. The summed E-state index contributed by atoms with van der Waals surface area (Å²) in [4.78, 5) is 14.3.